The van der Waals surface area contributed by atoms with E-state index in [1.807, 2.05) is 48.5 Å². The molecule has 1 heterocycles. The van der Waals surface area contributed by atoms with Gasteiger partial charge in [0.1, 0.15) is 0 Å². The van der Waals surface area contributed by atoms with Crippen LogP contribution in [-0.4, -0.2) is 23.2 Å². The summed E-state index contributed by atoms with van der Waals surface area (Å²) < 4.78 is 0. The molecule has 1 aliphatic rings. The Labute approximate surface area is 118 Å². The van der Waals surface area contributed by atoms with Gasteiger partial charge in [0.2, 0.25) is 6.41 Å². The van der Waals surface area contributed by atoms with Gasteiger partial charge in [0, 0.05) is 6.42 Å². The van der Waals surface area contributed by atoms with Gasteiger partial charge in [0.05, 0.1) is 11.8 Å². The molecule has 0 radical (unpaired) electrons. The molecule has 1 amide bonds. The number of hydrogen-bond donors (Lipinski definition) is 0. The molecule has 0 N–H and O–H groups in total. The Morgan fingerprint density at radius 3 is 2.35 bits per heavy atom. The van der Waals surface area contributed by atoms with Crippen molar-refractivity contribution < 1.29 is 4.79 Å². The van der Waals surface area contributed by atoms with E-state index in [2.05, 4.69) is 17.2 Å². The van der Waals surface area contributed by atoms with E-state index in [9.17, 15) is 4.79 Å². The summed E-state index contributed by atoms with van der Waals surface area (Å²) >= 11 is 0. The summed E-state index contributed by atoms with van der Waals surface area (Å²) in [5.74, 6) is 0. The van der Waals surface area contributed by atoms with Gasteiger partial charge in [-0.25, -0.2) is 5.01 Å². The first-order valence-corrected chi connectivity index (χ1v) is 6.77. The lowest BCUT2D eigenvalue weighted by Gasteiger charge is -2.16. The summed E-state index contributed by atoms with van der Waals surface area (Å²) in [6, 6.07) is 20.4. The van der Waals surface area contributed by atoms with Gasteiger partial charge < -0.3 is 0 Å². The summed E-state index contributed by atoms with van der Waals surface area (Å²) in [5, 5.41) is 5.99. The zero-order valence-corrected chi connectivity index (χ0v) is 11.1. The molecule has 3 rings (SSSR count). The molecule has 0 saturated carbocycles. The van der Waals surface area contributed by atoms with Crippen molar-refractivity contribution in [3.8, 4) is 0 Å². The number of nitrogens with zero attached hydrogens (tertiary/aromatic N) is 2. The lowest BCUT2D eigenvalue weighted by Crippen LogP contribution is -2.27. The van der Waals surface area contributed by atoms with E-state index in [4.69, 9.17) is 0 Å². The van der Waals surface area contributed by atoms with Crippen LogP contribution >= 0.6 is 0 Å². The molecule has 2 aromatic rings. The summed E-state index contributed by atoms with van der Waals surface area (Å²) in [7, 11) is 0. The fraction of sp³-hybridized carbons (Fsp3) is 0.176. The van der Waals surface area contributed by atoms with Crippen LogP contribution in [0.25, 0.3) is 0 Å². The minimum absolute atomic E-state index is 0.116. The molecule has 1 aliphatic heterocycles. The highest BCUT2D eigenvalue weighted by atomic mass is 16.1. The van der Waals surface area contributed by atoms with Crippen molar-refractivity contribution in [1.29, 1.82) is 0 Å². The zero-order valence-electron chi connectivity index (χ0n) is 11.1. The Hall–Kier alpha value is -2.42. The minimum Gasteiger partial charge on any atom is -0.277 e. The van der Waals surface area contributed by atoms with Crippen LogP contribution in [0.15, 0.2) is 65.8 Å². The Morgan fingerprint density at radius 2 is 1.70 bits per heavy atom. The first-order chi connectivity index (χ1) is 9.86. The maximum absolute atomic E-state index is 11.2. The van der Waals surface area contributed by atoms with Gasteiger partial charge in [-0.15, -0.1) is 0 Å². The molecule has 0 bridgehead atoms. The maximum atomic E-state index is 11.2. The molecule has 0 fully saturated rings. The molecule has 2 aromatic carbocycles. The van der Waals surface area contributed by atoms with Crippen molar-refractivity contribution in [2.24, 2.45) is 5.10 Å². The largest absolute Gasteiger partial charge is 0.277 e. The van der Waals surface area contributed by atoms with Crippen LogP contribution in [0.1, 0.15) is 17.5 Å². The molecule has 20 heavy (non-hydrogen) atoms. The maximum Gasteiger partial charge on any atom is 0.230 e. The van der Waals surface area contributed by atoms with Crippen LogP contribution in [0.3, 0.4) is 0 Å². The van der Waals surface area contributed by atoms with Crippen molar-refractivity contribution >= 4 is 12.1 Å². The molecule has 0 aromatic heterocycles. The average molecular weight is 264 g/mol. The van der Waals surface area contributed by atoms with Crippen molar-refractivity contribution in [1.82, 2.24) is 5.01 Å². The van der Waals surface area contributed by atoms with Crippen LogP contribution in [-0.2, 0) is 11.2 Å². The molecule has 1 unspecified atom stereocenters. The molecule has 3 heteroatoms. The van der Waals surface area contributed by atoms with Crippen molar-refractivity contribution in [3.63, 3.8) is 0 Å². The first-order valence-electron chi connectivity index (χ1n) is 6.77. The third kappa shape index (κ3) is 2.62. The highest BCUT2D eigenvalue weighted by Gasteiger charge is 2.26. The number of carbonyl (C=O) groups excluding carboxylic acids is 1. The number of hydrogen-bond acceptors (Lipinski definition) is 2. The van der Waals surface area contributed by atoms with Gasteiger partial charge in [-0.1, -0.05) is 60.7 Å². The summed E-state index contributed by atoms with van der Waals surface area (Å²) in [4.78, 5) is 11.2. The predicted molar refractivity (Wildman–Crippen MR) is 79.4 cm³/mol. The van der Waals surface area contributed by atoms with Crippen LogP contribution in [0.2, 0.25) is 0 Å². The lowest BCUT2D eigenvalue weighted by molar-refractivity contribution is -0.119. The van der Waals surface area contributed by atoms with E-state index in [-0.39, 0.29) is 6.04 Å². The summed E-state index contributed by atoms with van der Waals surface area (Å²) in [6.07, 6.45) is 2.46. The second-order valence-corrected chi connectivity index (χ2v) is 4.95. The molecule has 1 atom stereocenters. The molecule has 0 spiro atoms. The second kappa shape index (κ2) is 5.70. The van der Waals surface area contributed by atoms with Crippen molar-refractivity contribution in [2.75, 3.05) is 0 Å². The van der Waals surface area contributed by atoms with Gasteiger partial charge in [-0.3, -0.25) is 4.79 Å². The number of amides is 1. The van der Waals surface area contributed by atoms with Crippen LogP contribution in [0, 0.1) is 0 Å². The van der Waals surface area contributed by atoms with Crippen LogP contribution < -0.4 is 0 Å². The predicted octanol–water partition coefficient (Wildman–Crippen LogP) is 2.86. The monoisotopic (exact) mass is 264 g/mol. The molecule has 0 aliphatic carbocycles. The fourth-order valence-electron chi connectivity index (χ4n) is 2.55. The fourth-order valence-corrected chi connectivity index (χ4v) is 2.55. The Kier molecular flexibility index (Phi) is 3.59. The van der Waals surface area contributed by atoms with Gasteiger partial charge in [0.15, 0.2) is 0 Å². The van der Waals surface area contributed by atoms with E-state index in [0.29, 0.717) is 0 Å². The Morgan fingerprint density at radius 1 is 1.05 bits per heavy atom. The Bertz CT molecular complexity index is 607. The van der Waals surface area contributed by atoms with Gasteiger partial charge in [-0.05, 0) is 17.5 Å². The number of benzene rings is 2. The van der Waals surface area contributed by atoms with Gasteiger partial charge in [-0.2, -0.15) is 5.10 Å². The van der Waals surface area contributed by atoms with Gasteiger partial charge >= 0.3 is 0 Å². The highest BCUT2D eigenvalue weighted by molar-refractivity contribution is 6.02. The quantitative estimate of drug-likeness (QED) is 0.782. The molecule has 0 saturated heterocycles. The van der Waals surface area contributed by atoms with Crippen molar-refractivity contribution in [2.45, 2.75) is 18.9 Å². The molecule has 100 valence electrons. The Balaban J connectivity index is 1.77. The molecular formula is C17H16N2O. The number of hydrazone groups is 1. The summed E-state index contributed by atoms with van der Waals surface area (Å²) in [6.45, 7) is 0. The minimum atomic E-state index is 0.116. The van der Waals surface area contributed by atoms with Gasteiger partial charge in [0.25, 0.3) is 0 Å². The zero-order chi connectivity index (χ0) is 13.8. The van der Waals surface area contributed by atoms with Crippen LogP contribution in [0.5, 0.6) is 0 Å². The summed E-state index contributed by atoms with van der Waals surface area (Å²) in [5.41, 5.74) is 3.31. The van der Waals surface area contributed by atoms with E-state index in [0.717, 1.165) is 30.5 Å². The SMILES string of the molecule is O=CN1N=C(c2ccccc2)CC1Cc1ccccc1. The standard InChI is InChI=1S/C17H16N2O/c20-13-19-16(11-14-7-3-1-4-8-14)12-17(18-19)15-9-5-2-6-10-15/h1-10,13,16H,11-12H2. The first kappa shape index (κ1) is 12.6. The average Bonchev–Trinajstić information content (AvgIpc) is 2.92. The van der Waals surface area contributed by atoms with Crippen LogP contribution in [0.4, 0.5) is 0 Å². The normalized spacial score (nSPS) is 17.9. The molecule has 3 nitrogen and oxygen atoms in total. The van der Waals surface area contributed by atoms with E-state index in [1.165, 1.54) is 5.56 Å². The number of rotatable bonds is 4. The third-order valence-corrected chi connectivity index (χ3v) is 3.57. The smallest absolute Gasteiger partial charge is 0.230 e. The third-order valence-electron chi connectivity index (χ3n) is 3.57. The number of carbonyl (C=O) groups is 1. The second-order valence-electron chi connectivity index (χ2n) is 4.95. The highest BCUT2D eigenvalue weighted by Crippen LogP contribution is 2.21. The van der Waals surface area contributed by atoms with E-state index in [1.54, 1.807) is 5.01 Å². The van der Waals surface area contributed by atoms with Crippen molar-refractivity contribution in [3.05, 3.63) is 71.8 Å². The van der Waals surface area contributed by atoms with E-state index >= 15 is 0 Å². The van der Waals surface area contributed by atoms with E-state index < -0.39 is 0 Å². The molecular weight excluding hydrogens is 248 g/mol. The topological polar surface area (TPSA) is 32.7 Å². The lowest BCUT2D eigenvalue weighted by atomic mass is 9.99.